The molecule has 1 aliphatic rings. The Hall–Kier alpha value is -0.860. The van der Waals surface area contributed by atoms with Gasteiger partial charge in [-0.15, -0.1) is 0 Å². The molecule has 1 heterocycles. The number of hydrogen-bond donors (Lipinski definition) is 1. The van der Waals surface area contributed by atoms with E-state index in [-0.39, 0.29) is 0 Å². The van der Waals surface area contributed by atoms with Gasteiger partial charge >= 0.3 is 0 Å². The molecule has 2 nitrogen and oxygen atoms in total. The van der Waals surface area contributed by atoms with Gasteiger partial charge in [0, 0.05) is 32.2 Å². The summed E-state index contributed by atoms with van der Waals surface area (Å²) >= 11 is 0. The van der Waals surface area contributed by atoms with Crippen LogP contribution in [0.4, 0.5) is 0 Å². The van der Waals surface area contributed by atoms with Crippen LogP contribution in [0.15, 0.2) is 18.2 Å². The van der Waals surface area contributed by atoms with Crippen LogP contribution < -0.4 is 5.32 Å². The Morgan fingerprint density at radius 1 is 1.21 bits per heavy atom. The fourth-order valence-corrected chi connectivity index (χ4v) is 3.04. The van der Waals surface area contributed by atoms with Crippen molar-refractivity contribution in [1.82, 2.24) is 10.2 Å². The van der Waals surface area contributed by atoms with E-state index in [9.17, 15) is 0 Å². The molecule has 1 aromatic rings. The van der Waals surface area contributed by atoms with Crippen LogP contribution in [0.2, 0.25) is 0 Å². The molecule has 0 aliphatic carbocycles. The number of rotatable bonds is 5. The topological polar surface area (TPSA) is 15.3 Å². The number of unbranched alkanes of at least 4 members (excludes halogenated alkanes) is 1. The van der Waals surface area contributed by atoms with Crippen molar-refractivity contribution in [3.8, 4) is 0 Å². The lowest BCUT2D eigenvalue weighted by atomic mass is 9.93. The van der Waals surface area contributed by atoms with Crippen LogP contribution in [0.3, 0.4) is 0 Å². The number of benzene rings is 1. The van der Waals surface area contributed by atoms with E-state index in [1.807, 2.05) is 0 Å². The molecule has 0 amide bonds. The van der Waals surface area contributed by atoms with Crippen molar-refractivity contribution in [3.63, 3.8) is 0 Å². The minimum absolute atomic E-state index is 0.613. The van der Waals surface area contributed by atoms with Crippen LogP contribution in [0.25, 0.3) is 0 Å². The Morgan fingerprint density at radius 2 is 1.95 bits per heavy atom. The van der Waals surface area contributed by atoms with Crippen molar-refractivity contribution in [1.29, 1.82) is 0 Å². The van der Waals surface area contributed by atoms with Crippen molar-refractivity contribution in [3.05, 3.63) is 34.9 Å². The van der Waals surface area contributed by atoms with Crippen molar-refractivity contribution in [2.24, 2.45) is 0 Å². The van der Waals surface area contributed by atoms with Gasteiger partial charge in [0.05, 0.1) is 0 Å². The van der Waals surface area contributed by atoms with E-state index in [0.29, 0.717) is 6.04 Å². The molecule has 1 aliphatic heterocycles. The summed E-state index contributed by atoms with van der Waals surface area (Å²) in [6.45, 7) is 11.4. The first-order valence-corrected chi connectivity index (χ1v) is 7.74. The van der Waals surface area contributed by atoms with Crippen LogP contribution in [0.1, 0.15) is 48.9 Å². The lowest BCUT2D eigenvalue weighted by Crippen LogP contribution is -2.45. The molecule has 19 heavy (non-hydrogen) atoms. The largest absolute Gasteiger partial charge is 0.314 e. The van der Waals surface area contributed by atoms with Gasteiger partial charge in [-0.2, -0.15) is 0 Å². The molecule has 0 unspecified atom stereocenters. The third kappa shape index (κ3) is 3.80. The SMILES string of the molecule is CCCC[C@@H](c1cc(C)ccc1C)N1CCNCC1. The summed E-state index contributed by atoms with van der Waals surface area (Å²) in [6, 6.07) is 7.53. The number of piperazine rings is 1. The molecule has 106 valence electrons. The fraction of sp³-hybridized carbons (Fsp3) is 0.647. The zero-order valence-corrected chi connectivity index (χ0v) is 12.7. The lowest BCUT2D eigenvalue weighted by molar-refractivity contribution is 0.162. The number of nitrogens with one attached hydrogen (secondary N) is 1. The highest BCUT2D eigenvalue weighted by Gasteiger charge is 2.22. The first-order valence-electron chi connectivity index (χ1n) is 7.74. The second-order valence-corrected chi connectivity index (χ2v) is 5.80. The molecule has 1 fully saturated rings. The Bertz CT molecular complexity index is 394. The van der Waals surface area contributed by atoms with E-state index in [0.717, 1.165) is 13.1 Å². The molecular formula is C17H28N2. The molecule has 1 atom stereocenters. The second-order valence-electron chi connectivity index (χ2n) is 5.80. The van der Waals surface area contributed by atoms with Gasteiger partial charge in [0.1, 0.15) is 0 Å². The zero-order valence-electron chi connectivity index (χ0n) is 12.7. The molecule has 1 N–H and O–H groups in total. The second kappa shape index (κ2) is 7.06. The highest BCUT2D eigenvalue weighted by atomic mass is 15.2. The summed E-state index contributed by atoms with van der Waals surface area (Å²) in [4.78, 5) is 2.67. The zero-order chi connectivity index (χ0) is 13.7. The monoisotopic (exact) mass is 260 g/mol. The van der Waals surface area contributed by atoms with E-state index < -0.39 is 0 Å². The van der Waals surface area contributed by atoms with Crippen LogP contribution in [0, 0.1) is 13.8 Å². The summed E-state index contributed by atoms with van der Waals surface area (Å²) in [6.07, 6.45) is 3.90. The average Bonchev–Trinajstić information content (AvgIpc) is 2.44. The Kier molecular flexibility index (Phi) is 5.41. The third-order valence-corrected chi connectivity index (χ3v) is 4.22. The Morgan fingerprint density at radius 3 is 2.63 bits per heavy atom. The van der Waals surface area contributed by atoms with Crippen LogP contribution in [0.5, 0.6) is 0 Å². The first kappa shape index (κ1) is 14.5. The van der Waals surface area contributed by atoms with Gasteiger partial charge in [-0.1, -0.05) is 43.5 Å². The van der Waals surface area contributed by atoms with E-state index in [1.165, 1.54) is 43.5 Å². The van der Waals surface area contributed by atoms with Crippen LogP contribution in [-0.2, 0) is 0 Å². The Labute approximate surface area is 118 Å². The van der Waals surface area contributed by atoms with Crippen LogP contribution >= 0.6 is 0 Å². The van der Waals surface area contributed by atoms with Crippen molar-refractivity contribution < 1.29 is 0 Å². The maximum atomic E-state index is 3.46. The highest BCUT2D eigenvalue weighted by Crippen LogP contribution is 2.29. The number of aryl methyl sites for hydroxylation is 2. The predicted octanol–water partition coefficient (Wildman–Crippen LogP) is 3.44. The molecule has 0 aromatic heterocycles. The standard InChI is InChI=1S/C17H28N2/c1-4-5-6-17(19-11-9-18-10-12-19)16-13-14(2)7-8-15(16)3/h7-8,13,17-18H,4-6,9-12H2,1-3H3/t17-/m0/s1. The van der Waals surface area contributed by atoms with Crippen molar-refractivity contribution in [2.45, 2.75) is 46.1 Å². The molecule has 1 aromatic carbocycles. The summed E-state index contributed by atoms with van der Waals surface area (Å²) in [5.41, 5.74) is 4.39. The van der Waals surface area contributed by atoms with Gasteiger partial charge in [0.2, 0.25) is 0 Å². The summed E-state index contributed by atoms with van der Waals surface area (Å²) < 4.78 is 0. The predicted molar refractivity (Wildman–Crippen MR) is 82.6 cm³/mol. The van der Waals surface area contributed by atoms with Gasteiger partial charge in [-0.25, -0.2) is 0 Å². The normalized spacial score (nSPS) is 18.5. The maximum Gasteiger partial charge on any atom is 0.0351 e. The van der Waals surface area contributed by atoms with Gasteiger partial charge in [-0.3, -0.25) is 4.90 Å². The summed E-state index contributed by atoms with van der Waals surface area (Å²) in [5.74, 6) is 0. The molecule has 2 heteroatoms. The van der Waals surface area contributed by atoms with E-state index >= 15 is 0 Å². The van der Waals surface area contributed by atoms with Crippen molar-refractivity contribution in [2.75, 3.05) is 26.2 Å². The quantitative estimate of drug-likeness (QED) is 0.872. The minimum Gasteiger partial charge on any atom is -0.314 e. The molecule has 2 rings (SSSR count). The van der Waals surface area contributed by atoms with Gasteiger partial charge in [0.25, 0.3) is 0 Å². The Balaban J connectivity index is 2.22. The maximum absolute atomic E-state index is 3.46. The highest BCUT2D eigenvalue weighted by molar-refractivity contribution is 5.33. The fourth-order valence-electron chi connectivity index (χ4n) is 3.04. The molecule has 0 radical (unpaired) electrons. The smallest absolute Gasteiger partial charge is 0.0351 e. The third-order valence-electron chi connectivity index (χ3n) is 4.22. The molecule has 0 saturated carbocycles. The minimum atomic E-state index is 0.613. The summed E-state index contributed by atoms with van der Waals surface area (Å²) in [5, 5.41) is 3.46. The summed E-state index contributed by atoms with van der Waals surface area (Å²) in [7, 11) is 0. The van der Waals surface area contributed by atoms with Crippen molar-refractivity contribution >= 4 is 0 Å². The average molecular weight is 260 g/mol. The molecule has 0 bridgehead atoms. The number of nitrogens with zero attached hydrogens (tertiary/aromatic N) is 1. The van der Waals surface area contributed by atoms with Gasteiger partial charge < -0.3 is 5.32 Å². The van der Waals surface area contributed by atoms with E-state index in [4.69, 9.17) is 0 Å². The molecule has 0 spiro atoms. The van der Waals surface area contributed by atoms with Gasteiger partial charge in [0.15, 0.2) is 0 Å². The van der Waals surface area contributed by atoms with E-state index in [1.54, 1.807) is 5.56 Å². The van der Waals surface area contributed by atoms with Crippen LogP contribution in [-0.4, -0.2) is 31.1 Å². The van der Waals surface area contributed by atoms with Gasteiger partial charge in [-0.05, 0) is 31.4 Å². The first-order chi connectivity index (χ1) is 9.22. The molecule has 1 saturated heterocycles. The number of hydrogen-bond acceptors (Lipinski definition) is 2. The lowest BCUT2D eigenvalue weighted by Gasteiger charge is -2.36. The molecular weight excluding hydrogens is 232 g/mol. The van der Waals surface area contributed by atoms with E-state index in [2.05, 4.69) is 49.2 Å².